The van der Waals surface area contributed by atoms with E-state index in [2.05, 4.69) is 122 Å². The third kappa shape index (κ3) is 82.8. The third-order valence-electron chi connectivity index (χ3n) is 1.50. The van der Waals surface area contributed by atoms with Crippen molar-refractivity contribution < 1.29 is 0 Å². The van der Waals surface area contributed by atoms with Crippen LogP contribution >= 0.6 is 0 Å². The maximum Gasteiger partial charge on any atom is 0.0379 e. The Balaban J connectivity index is -0.000000134. The molecule has 0 atom stereocenters. The zero-order valence-electron chi connectivity index (χ0n) is 22.0. The predicted octanol–water partition coefficient (Wildman–Crippen LogP) is 9.00. The molecule has 0 aliphatic rings. The largest absolute Gasteiger partial charge is 0.0715 e. The average Bonchev–Trinajstić information content (AvgIpc) is 2.00. The van der Waals surface area contributed by atoms with Crippen molar-refractivity contribution in [2.75, 3.05) is 0 Å². The summed E-state index contributed by atoms with van der Waals surface area (Å²) in [7, 11) is 0.241. The van der Waals surface area contributed by atoms with E-state index in [0.29, 0.717) is 13.7 Å². The molecule has 0 aliphatic heterocycles. The summed E-state index contributed by atoms with van der Waals surface area (Å²) in [6.07, 6.45) is 0. The van der Waals surface area contributed by atoms with E-state index in [0.717, 1.165) is 0 Å². The third-order valence-corrected chi connectivity index (χ3v) is 10.1. The average molecular weight is 612 g/mol. The summed E-state index contributed by atoms with van der Waals surface area (Å²) in [4.78, 5) is 0. The van der Waals surface area contributed by atoms with E-state index in [-0.39, 0.29) is 59.9 Å². The molecule has 4 heteroatoms. The summed E-state index contributed by atoms with van der Waals surface area (Å²) in [6.45, 7) is 42.0. The van der Waals surface area contributed by atoms with Gasteiger partial charge in [-0.1, -0.05) is 39.3 Å². The molecule has 0 saturated heterocycles. The van der Waals surface area contributed by atoms with E-state index in [9.17, 15) is 0 Å². The van der Waals surface area contributed by atoms with Gasteiger partial charge >= 0.3 is 139 Å². The normalized spacial score (nSPS) is 12.5. The van der Waals surface area contributed by atoms with Gasteiger partial charge in [-0.2, -0.15) is 0 Å². The van der Waals surface area contributed by atoms with Gasteiger partial charge in [0.15, 0.2) is 0 Å². The zero-order chi connectivity index (χ0) is 22.6. The second kappa shape index (κ2) is 15.8. The number of rotatable bonds is 0. The minimum Gasteiger partial charge on any atom is -0.0715 e. The number of hydrogen-bond acceptors (Lipinski definition) is 0. The van der Waals surface area contributed by atoms with E-state index in [1.165, 1.54) is 0 Å². The van der Waals surface area contributed by atoms with Gasteiger partial charge in [-0.25, -0.2) is 0 Å². The van der Waals surface area contributed by atoms with Crippen LogP contribution in [0.2, 0.25) is 53.0 Å². The van der Waals surface area contributed by atoms with Crippen LogP contribution < -0.4 is 0 Å². The van der Waals surface area contributed by atoms with Crippen LogP contribution in [0, 0.1) is 0 Å². The van der Waals surface area contributed by atoms with Gasteiger partial charge in [0.1, 0.15) is 0 Å². The molecule has 0 aromatic heterocycles. The SMILES string of the molecule is C[C](C)(C)[Sn][C](C)(C)C.C[C](C)(C)[Sn][C](C)(C)C.C[Si](C)C.C[Si](C)C. The molecule has 0 bridgehead atoms. The van der Waals surface area contributed by atoms with Gasteiger partial charge < -0.3 is 0 Å². The van der Waals surface area contributed by atoms with Crippen LogP contribution in [0.15, 0.2) is 0 Å². The molecule has 26 heavy (non-hydrogen) atoms. The van der Waals surface area contributed by atoms with Crippen LogP contribution in [0.25, 0.3) is 0 Å². The van der Waals surface area contributed by atoms with Crippen LogP contribution in [0.3, 0.4) is 0 Å². The fourth-order valence-electron chi connectivity index (χ4n) is 2.25. The van der Waals surface area contributed by atoms with Crippen molar-refractivity contribution in [2.24, 2.45) is 0 Å². The Hall–Kier alpha value is 2.03. The molecule has 0 unspecified atom stereocenters. The van der Waals surface area contributed by atoms with Crippen molar-refractivity contribution in [1.29, 1.82) is 0 Å². The van der Waals surface area contributed by atoms with Crippen LogP contribution in [-0.4, -0.2) is 59.9 Å². The number of hydrogen-bond donors (Lipinski definition) is 0. The van der Waals surface area contributed by atoms with E-state index in [4.69, 9.17) is 0 Å². The minimum absolute atomic E-state index is 0.120. The Morgan fingerprint density at radius 1 is 0.346 bits per heavy atom. The quantitative estimate of drug-likeness (QED) is 0.240. The van der Waals surface area contributed by atoms with Gasteiger partial charge in [0.25, 0.3) is 0 Å². The van der Waals surface area contributed by atoms with Gasteiger partial charge in [0.05, 0.1) is 0 Å². The van der Waals surface area contributed by atoms with Crippen molar-refractivity contribution in [2.45, 2.75) is 136 Å². The van der Waals surface area contributed by atoms with Crippen LogP contribution in [0.1, 0.15) is 83.1 Å². The second-order valence-corrected chi connectivity index (χ2v) is 36.8. The van der Waals surface area contributed by atoms with Crippen molar-refractivity contribution >= 4 is 59.9 Å². The Kier molecular flexibility index (Phi) is 21.6. The Morgan fingerprint density at radius 3 is 0.423 bits per heavy atom. The molecule has 0 N–H and O–H groups in total. The Bertz CT molecular complexity index is 237. The van der Waals surface area contributed by atoms with Crippen molar-refractivity contribution in [1.82, 2.24) is 0 Å². The van der Waals surface area contributed by atoms with E-state index in [1.807, 2.05) is 0 Å². The van der Waals surface area contributed by atoms with E-state index >= 15 is 0 Å². The van der Waals surface area contributed by atoms with Gasteiger partial charge in [0, 0.05) is 17.6 Å². The monoisotopic (exact) mass is 614 g/mol. The second-order valence-electron chi connectivity index (χ2n) is 12.2. The van der Waals surface area contributed by atoms with Crippen LogP contribution in [0.5, 0.6) is 0 Å². The maximum absolute atomic E-state index is 2.37. The van der Waals surface area contributed by atoms with Gasteiger partial charge in [-0.15, -0.1) is 0 Å². The molecule has 6 radical (unpaired) electrons. The molecular weight excluding hydrogens is 558 g/mol. The standard InChI is InChI=1S/4C4H9.2C3H9Si.2Sn/c6*1-4(2)3;;/h6*1-3H3;;. The smallest absolute Gasteiger partial charge is 0.0379 e. The first-order chi connectivity index (χ1) is 10.9. The summed E-state index contributed by atoms with van der Waals surface area (Å²) in [5.74, 6) is 0. The van der Waals surface area contributed by atoms with Gasteiger partial charge in [-0.05, 0) is 0 Å². The summed E-state index contributed by atoms with van der Waals surface area (Å²) < 4.78 is 2.62. The molecule has 158 valence electrons. The van der Waals surface area contributed by atoms with Crippen LogP contribution in [-0.2, 0) is 0 Å². The molecule has 0 saturated carbocycles. The molecule has 0 heterocycles. The molecule has 0 nitrogen and oxygen atoms in total. The summed E-state index contributed by atoms with van der Waals surface area (Å²) >= 11 is -0.363. The molecule has 0 rings (SSSR count). The van der Waals surface area contributed by atoms with Crippen molar-refractivity contribution in [3.05, 3.63) is 0 Å². The first-order valence-corrected chi connectivity index (χ1v) is 21.7. The van der Waals surface area contributed by atoms with E-state index in [1.54, 1.807) is 0 Å². The Labute approximate surface area is 194 Å². The fraction of sp³-hybridized carbons (Fsp3) is 1.00. The molecule has 0 spiro atoms. The summed E-state index contributed by atoms with van der Waals surface area (Å²) in [5.41, 5.74) is 0. The summed E-state index contributed by atoms with van der Waals surface area (Å²) in [5, 5.41) is 0. The van der Waals surface area contributed by atoms with Gasteiger partial charge in [0.2, 0.25) is 0 Å². The first kappa shape index (κ1) is 35.5. The van der Waals surface area contributed by atoms with Crippen molar-refractivity contribution in [3.8, 4) is 0 Å². The predicted molar refractivity (Wildman–Crippen MR) is 137 cm³/mol. The molecule has 0 aromatic carbocycles. The molecular formula is C22H54Si2Sn2. The molecule has 0 aliphatic carbocycles. The topological polar surface area (TPSA) is 0 Å². The fourth-order valence-corrected chi connectivity index (χ4v) is 15.1. The minimum atomic E-state index is -0.182. The van der Waals surface area contributed by atoms with E-state index < -0.39 is 0 Å². The first-order valence-electron chi connectivity index (χ1n) is 10.0. The summed E-state index contributed by atoms with van der Waals surface area (Å²) in [6, 6.07) is 0. The molecule has 0 aromatic rings. The maximum atomic E-state index is 2.37. The molecule has 0 fully saturated rings. The van der Waals surface area contributed by atoms with Crippen molar-refractivity contribution in [3.63, 3.8) is 0 Å². The zero-order valence-corrected chi connectivity index (χ0v) is 29.7. The Morgan fingerprint density at radius 2 is 0.423 bits per heavy atom. The molecule has 0 amide bonds. The van der Waals surface area contributed by atoms with Crippen LogP contribution in [0.4, 0.5) is 0 Å². The van der Waals surface area contributed by atoms with Gasteiger partial charge in [-0.3, -0.25) is 0 Å².